The van der Waals surface area contributed by atoms with E-state index in [1.54, 1.807) is 39.8 Å². The second-order valence-corrected chi connectivity index (χ2v) is 5.69. The molecule has 0 saturated carbocycles. The zero-order valence-corrected chi connectivity index (χ0v) is 12.4. The fourth-order valence-electron chi connectivity index (χ4n) is 1.54. The molecule has 20 heavy (non-hydrogen) atoms. The van der Waals surface area contributed by atoms with Gasteiger partial charge in [-0.3, -0.25) is 14.6 Å². The molecular formula is C14H21N3O3. The molecule has 0 fully saturated rings. The maximum Gasteiger partial charge on any atom is 0.311 e. The van der Waals surface area contributed by atoms with Crippen LogP contribution < -0.4 is 10.6 Å². The first-order chi connectivity index (χ1) is 9.11. The lowest BCUT2D eigenvalue weighted by molar-refractivity contribution is -0.149. The van der Waals surface area contributed by atoms with Gasteiger partial charge in [0.15, 0.2) is 0 Å². The number of nitrogens with one attached hydrogen (secondary N) is 2. The number of anilines is 1. The molecule has 0 aliphatic heterocycles. The number of carbonyl (C=O) groups excluding carboxylic acids is 1. The summed E-state index contributed by atoms with van der Waals surface area (Å²) in [4.78, 5) is 26.9. The quantitative estimate of drug-likeness (QED) is 0.763. The van der Waals surface area contributed by atoms with E-state index < -0.39 is 16.9 Å². The highest BCUT2D eigenvalue weighted by molar-refractivity contribution is 5.92. The first kappa shape index (κ1) is 15.9. The van der Waals surface area contributed by atoms with Crippen molar-refractivity contribution >= 4 is 17.6 Å². The van der Waals surface area contributed by atoms with Gasteiger partial charge in [0, 0.05) is 24.5 Å². The van der Waals surface area contributed by atoms with E-state index in [0.717, 1.165) is 0 Å². The standard InChI is InChI=1S/C14H21N3O3/c1-13(2,12(19)20)14(3,4)17-9-6-7-16-10(8-9)11(18)15-5/h6-8H,1-5H3,(H,15,18)(H,16,17)(H,19,20). The second kappa shape index (κ2) is 5.48. The summed E-state index contributed by atoms with van der Waals surface area (Å²) >= 11 is 0. The van der Waals surface area contributed by atoms with E-state index in [-0.39, 0.29) is 11.6 Å². The predicted molar refractivity (Wildman–Crippen MR) is 76.7 cm³/mol. The Bertz CT molecular complexity index is 524. The number of carboxylic acid groups (broad SMARTS) is 1. The Morgan fingerprint density at radius 1 is 1.25 bits per heavy atom. The van der Waals surface area contributed by atoms with Crippen LogP contribution in [-0.4, -0.2) is 34.6 Å². The molecule has 1 rings (SSSR count). The molecule has 1 heterocycles. The van der Waals surface area contributed by atoms with Crippen molar-refractivity contribution in [3.63, 3.8) is 0 Å². The number of carboxylic acids is 1. The number of aromatic nitrogens is 1. The summed E-state index contributed by atoms with van der Waals surface area (Å²) in [6.45, 7) is 6.93. The van der Waals surface area contributed by atoms with Crippen LogP contribution in [-0.2, 0) is 4.79 Å². The summed E-state index contributed by atoms with van der Waals surface area (Å²) in [5, 5.41) is 15.0. The van der Waals surface area contributed by atoms with Gasteiger partial charge in [-0.25, -0.2) is 0 Å². The predicted octanol–water partition coefficient (Wildman–Crippen LogP) is 1.74. The number of hydrogen-bond acceptors (Lipinski definition) is 4. The van der Waals surface area contributed by atoms with Crippen LogP contribution >= 0.6 is 0 Å². The van der Waals surface area contributed by atoms with Gasteiger partial charge in [0.1, 0.15) is 5.69 Å². The van der Waals surface area contributed by atoms with Gasteiger partial charge in [0.25, 0.3) is 5.91 Å². The topological polar surface area (TPSA) is 91.3 Å². The van der Waals surface area contributed by atoms with E-state index in [9.17, 15) is 14.7 Å². The molecule has 0 saturated heterocycles. The van der Waals surface area contributed by atoms with Gasteiger partial charge in [-0.1, -0.05) is 0 Å². The second-order valence-electron chi connectivity index (χ2n) is 5.69. The van der Waals surface area contributed by atoms with Gasteiger partial charge in [-0.2, -0.15) is 0 Å². The third-order valence-corrected chi connectivity index (χ3v) is 3.77. The van der Waals surface area contributed by atoms with Gasteiger partial charge in [0.05, 0.1) is 5.41 Å². The minimum absolute atomic E-state index is 0.279. The normalized spacial score (nSPS) is 11.8. The van der Waals surface area contributed by atoms with Crippen LogP contribution in [0.3, 0.4) is 0 Å². The maximum absolute atomic E-state index is 11.5. The Labute approximate surface area is 118 Å². The SMILES string of the molecule is CNC(=O)c1cc(NC(C)(C)C(C)(C)C(=O)O)ccn1. The number of hydrogen-bond donors (Lipinski definition) is 3. The Kier molecular flexibility index (Phi) is 4.37. The highest BCUT2D eigenvalue weighted by atomic mass is 16.4. The molecule has 6 nitrogen and oxygen atoms in total. The monoisotopic (exact) mass is 279 g/mol. The number of rotatable bonds is 5. The summed E-state index contributed by atoms with van der Waals surface area (Å²) in [6, 6.07) is 3.30. The Morgan fingerprint density at radius 2 is 1.85 bits per heavy atom. The highest BCUT2D eigenvalue weighted by Gasteiger charge is 2.43. The summed E-state index contributed by atoms with van der Waals surface area (Å²) < 4.78 is 0. The fraction of sp³-hybridized carbons (Fsp3) is 0.500. The molecule has 0 atom stereocenters. The molecule has 1 aromatic rings. The molecule has 0 aliphatic rings. The average molecular weight is 279 g/mol. The third kappa shape index (κ3) is 3.07. The number of aliphatic carboxylic acids is 1. The van der Waals surface area contributed by atoms with Crippen molar-refractivity contribution in [2.75, 3.05) is 12.4 Å². The van der Waals surface area contributed by atoms with Crippen LogP contribution in [0.2, 0.25) is 0 Å². The van der Waals surface area contributed by atoms with Crippen LogP contribution in [0.15, 0.2) is 18.3 Å². The van der Waals surface area contributed by atoms with E-state index in [1.807, 2.05) is 0 Å². The third-order valence-electron chi connectivity index (χ3n) is 3.77. The van der Waals surface area contributed by atoms with E-state index >= 15 is 0 Å². The van der Waals surface area contributed by atoms with Gasteiger partial charge >= 0.3 is 5.97 Å². The van der Waals surface area contributed by atoms with Crippen LogP contribution in [0.4, 0.5) is 5.69 Å². The van der Waals surface area contributed by atoms with Crippen LogP contribution in [0.25, 0.3) is 0 Å². The summed E-state index contributed by atoms with van der Waals surface area (Å²) in [6.07, 6.45) is 1.51. The van der Waals surface area contributed by atoms with Crippen molar-refractivity contribution in [3.8, 4) is 0 Å². The van der Waals surface area contributed by atoms with Crippen LogP contribution in [0.5, 0.6) is 0 Å². The fourth-order valence-corrected chi connectivity index (χ4v) is 1.54. The minimum atomic E-state index is -0.983. The number of amides is 1. The first-order valence-electron chi connectivity index (χ1n) is 6.31. The molecule has 0 spiro atoms. The summed E-state index contributed by atoms with van der Waals surface area (Å²) in [7, 11) is 1.53. The Morgan fingerprint density at radius 3 is 2.35 bits per heavy atom. The molecule has 0 unspecified atom stereocenters. The van der Waals surface area contributed by atoms with Gasteiger partial charge in [-0.15, -0.1) is 0 Å². The molecule has 1 aromatic heterocycles. The molecule has 0 aromatic carbocycles. The van der Waals surface area contributed by atoms with E-state index in [0.29, 0.717) is 5.69 Å². The molecule has 0 aliphatic carbocycles. The Balaban J connectivity index is 3.04. The molecule has 0 bridgehead atoms. The van der Waals surface area contributed by atoms with Gasteiger partial charge in [-0.05, 0) is 39.8 Å². The Hall–Kier alpha value is -2.11. The zero-order valence-electron chi connectivity index (χ0n) is 12.4. The van der Waals surface area contributed by atoms with Crippen molar-refractivity contribution in [3.05, 3.63) is 24.0 Å². The van der Waals surface area contributed by atoms with Gasteiger partial charge in [0.2, 0.25) is 0 Å². The lowest BCUT2D eigenvalue weighted by atomic mass is 9.74. The van der Waals surface area contributed by atoms with E-state index in [4.69, 9.17) is 0 Å². The molecule has 110 valence electrons. The van der Waals surface area contributed by atoms with E-state index in [2.05, 4.69) is 15.6 Å². The van der Waals surface area contributed by atoms with Crippen molar-refractivity contribution in [1.82, 2.24) is 10.3 Å². The highest BCUT2D eigenvalue weighted by Crippen LogP contribution is 2.33. The van der Waals surface area contributed by atoms with Crippen molar-refractivity contribution in [2.45, 2.75) is 33.2 Å². The minimum Gasteiger partial charge on any atom is -0.481 e. The first-order valence-corrected chi connectivity index (χ1v) is 6.31. The molecule has 6 heteroatoms. The van der Waals surface area contributed by atoms with Crippen molar-refractivity contribution in [2.24, 2.45) is 5.41 Å². The maximum atomic E-state index is 11.5. The lowest BCUT2D eigenvalue weighted by Gasteiger charge is -2.39. The van der Waals surface area contributed by atoms with Crippen molar-refractivity contribution < 1.29 is 14.7 Å². The molecule has 0 radical (unpaired) electrons. The largest absolute Gasteiger partial charge is 0.481 e. The smallest absolute Gasteiger partial charge is 0.311 e. The van der Waals surface area contributed by atoms with Gasteiger partial charge < -0.3 is 15.7 Å². The molecular weight excluding hydrogens is 258 g/mol. The van der Waals surface area contributed by atoms with Crippen LogP contribution in [0.1, 0.15) is 38.2 Å². The van der Waals surface area contributed by atoms with Crippen LogP contribution in [0, 0.1) is 5.41 Å². The van der Waals surface area contributed by atoms with Crippen molar-refractivity contribution in [1.29, 1.82) is 0 Å². The van der Waals surface area contributed by atoms with E-state index in [1.165, 1.54) is 13.2 Å². The lowest BCUT2D eigenvalue weighted by Crippen LogP contribution is -2.50. The molecule has 3 N–H and O–H groups in total. The number of carbonyl (C=O) groups is 2. The summed E-state index contributed by atoms with van der Waals surface area (Å²) in [5.41, 5.74) is -0.761. The average Bonchev–Trinajstić information content (AvgIpc) is 2.37. The summed E-state index contributed by atoms with van der Waals surface area (Å²) in [5.74, 6) is -1.18. The zero-order chi connectivity index (χ0) is 15.6. The number of pyridine rings is 1. The number of nitrogens with zero attached hydrogens (tertiary/aromatic N) is 1. The molecule has 1 amide bonds.